The summed E-state index contributed by atoms with van der Waals surface area (Å²) in [7, 11) is 0. The van der Waals surface area contributed by atoms with Crippen molar-refractivity contribution in [2.75, 3.05) is 0 Å². The van der Waals surface area contributed by atoms with Crippen LogP contribution in [0.5, 0.6) is 5.75 Å². The monoisotopic (exact) mass is 426 g/mol. The fourth-order valence-corrected chi connectivity index (χ4v) is 3.21. The Morgan fingerprint density at radius 1 is 1.19 bits per heavy atom. The summed E-state index contributed by atoms with van der Waals surface area (Å²) in [5, 5.41) is 3.02. The van der Waals surface area contributed by atoms with E-state index in [9.17, 15) is 4.79 Å². The summed E-state index contributed by atoms with van der Waals surface area (Å²) in [5.41, 5.74) is 10.8. The van der Waals surface area contributed by atoms with Gasteiger partial charge in [-0.15, -0.1) is 0 Å². The Hall–Kier alpha value is -3.93. The summed E-state index contributed by atoms with van der Waals surface area (Å²) in [4.78, 5) is 21.2. The summed E-state index contributed by atoms with van der Waals surface area (Å²) in [6.07, 6.45) is 8.60. The molecule has 3 N–H and O–H groups in total. The zero-order valence-electron chi connectivity index (χ0n) is 18.0. The van der Waals surface area contributed by atoms with Gasteiger partial charge in [0, 0.05) is 35.7 Å². The number of aromatic nitrogens is 1. The number of rotatable bonds is 8. The molecule has 1 aromatic heterocycles. The normalized spacial score (nSPS) is 13.8. The van der Waals surface area contributed by atoms with E-state index in [4.69, 9.17) is 10.5 Å². The average Bonchev–Trinajstić information content (AvgIpc) is 3.64. The smallest absolute Gasteiger partial charge is 0.251 e. The molecule has 1 saturated carbocycles. The predicted octanol–water partition coefficient (Wildman–Crippen LogP) is 4.56. The number of hydrogen-bond acceptors (Lipinski definition) is 5. The molecule has 4 rings (SSSR count). The van der Waals surface area contributed by atoms with Gasteiger partial charge in [-0.3, -0.25) is 14.8 Å². The van der Waals surface area contributed by atoms with Crippen molar-refractivity contribution in [2.24, 2.45) is 10.7 Å². The number of ether oxygens (including phenoxy) is 1. The van der Waals surface area contributed by atoms with Crippen molar-refractivity contribution < 1.29 is 9.53 Å². The minimum absolute atomic E-state index is 0.0606. The first-order chi connectivity index (χ1) is 15.6. The summed E-state index contributed by atoms with van der Waals surface area (Å²) in [6.45, 7) is 2.44. The van der Waals surface area contributed by atoms with E-state index in [1.165, 1.54) is 6.20 Å². The molecule has 6 nitrogen and oxygen atoms in total. The summed E-state index contributed by atoms with van der Waals surface area (Å²) in [5.74, 6) is 0.575. The Morgan fingerprint density at radius 3 is 2.75 bits per heavy atom. The molecule has 1 amide bonds. The summed E-state index contributed by atoms with van der Waals surface area (Å²) >= 11 is 0. The van der Waals surface area contributed by atoms with Crippen LogP contribution in [0.15, 0.2) is 78.2 Å². The molecule has 0 bridgehead atoms. The molecule has 0 radical (unpaired) electrons. The van der Waals surface area contributed by atoms with Crippen LogP contribution in [0.3, 0.4) is 0 Å². The van der Waals surface area contributed by atoms with Gasteiger partial charge in [0.05, 0.1) is 18.1 Å². The van der Waals surface area contributed by atoms with E-state index in [-0.39, 0.29) is 5.91 Å². The molecule has 0 aliphatic heterocycles. The molecule has 0 unspecified atom stereocenters. The van der Waals surface area contributed by atoms with Crippen LogP contribution in [0, 0.1) is 6.92 Å². The lowest BCUT2D eigenvalue weighted by molar-refractivity contribution is 0.0951. The number of nitrogens with two attached hydrogens (primary N) is 1. The summed E-state index contributed by atoms with van der Waals surface area (Å²) in [6, 6.07) is 17.7. The van der Waals surface area contributed by atoms with E-state index in [1.807, 2.05) is 61.5 Å². The largest absolute Gasteiger partial charge is 0.487 e. The topological polar surface area (TPSA) is 89.6 Å². The molecule has 3 aromatic rings. The van der Waals surface area contributed by atoms with Gasteiger partial charge in [-0.1, -0.05) is 36.4 Å². The van der Waals surface area contributed by atoms with Crippen molar-refractivity contribution in [3.8, 4) is 5.75 Å². The third-order valence-electron chi connectivity index (χ3n) is 5.20. The van der Waals surface area contributed by atoms with Gasteiger partial charge in [0.15, 0.2) is 0 Å². The zero-order chi connectivity index (χ0) is 22.3. The van der Waals surface area contributed by atoms with Gasteiger partial charge < -0.3 is 15.8 Å². The second kappa shape index (κ2) is 9.92. The van der Waals surface area contributed by atoms with E-state index in [1.54, 1.807) is 18.6 Å². The lowest BCUT2D eigenvalue weighted by atomic mass is 9.98. The number of hydrogen-bond donors (Lipinski definition) is 2. The van der Waals surface area contributed by atoms with Crippen molar-refractivity contribution in [2.45, 2.75) is 32.4 Å². The second-order valence-electron chi connectivity index (χ2n) is 7.81. The van der Waals surface area contributed by atoms with Crippen molar-refractivity contribution >= 4 is 23.4 Å². The van der Waals surface area contributed by atoms with E-state index in [0.717, 1.165) is 35.1 Å². The van der Waals surface area contributed by atoms with E-state index in [0.29, 0.717) is 29.6 Å². The lowest BCUT2D eigenvalue weighted by Crippen LogP contribution is -2.25. The number of pyridine rings is 1. The van der Waals surface area contributed by atoms with Crippen LogP contribution in [0.1, 0.15) is 39.9 Å². The third-order valence-corrected chi connectivity index (χ3v) is 5.20. The maximum atomic E-state index is 12.4. The quantitative estimate of drug-likeness (QED) is 0.517. The number of carbonyl (C=O) groups is 1. The number of nitrogens with zero attached hydrogens (tertiary/aromatic N) is 2. The fraction of sp³-hybridized carbons (Fsp3) is 0.192. The molecular weight excluding hydrogens is 400 g/mol. The van der Waals surface area contributed by atoms with Gasteiger partial charge in [-0.05, 0) is 48.6 Å². The number of amides is 1. The Kier molecular flexibility index (Phi) is 6.60. The van der Waals surface area contributed by atoms with E-state index < -0.39 is 0 Å². The Balaban J connectivity index is 1.47. The number of aryl methyl sites for hydroxylation is 1. The third kappa shape index (κ3) is 5.60. The van der Waals surface area contributed by atoms with Gasteiger partial charge in [0.1, 0.15) is 12.4 Å². The molecule has 2 aromatic carbocycles. The molecule has 32 heavy (non-hydrogen) atoms. The number of nitrogens with one attached hydrogen (secondary N) is 1. The lowest BCUT2D eigenvalue weighted by Gasteiger charge is -2.10. The Morgan fingerprint density at radius 2 is 2.00 bits per heavy atom. The molecule has 1 aliphatic rings. The van der Waals surface area contributed by atoms with Crippen LogP contribution in [0.4, 0.5) is 5.69 Å². The minimum atomic E-state index is -0.0606. The maximum Gasteiger partial charge on any atom is 0.251 e. The fourth-order valence-electron chi connectivity index (χ4n) is 3.21. The van der Waals surface area contributed by atoms with Gasteiger partial charge in [0.2, 0.25) is 0 Å². The van der Waals surface area contributed by atoms with Gasteiger partial charge in [-0.25, -0.2) is 0 Å². The highest BCUT2D eigenvalue weighted by Gasteiger charge is 2.24. The molecule has 1 heterocycles. The zero-order valence-corrected chi connectivity index (χ0v) is 18.0. The highest BCUT2D eigenvalue weighted by atomic mass is 16.5. The van der Waals surface area contributed by atoms with Crippen LogP contribution in [0.2, 0.25) is 0 Å². The average molecular weight is 427 g/mol. The summed E-state index contributed by atoms with van der Waals surface area (Å²) < 4.78 is 5.83. The van der Waals surface area contributed by atoms with E-state index in [2.05, 4.69) is 15.3 Å². The van der Waals surface area contributed by atoms with Crippen molar-refractivity contribution in [1.82, 2.24) is 10.3 Å². The highest BCUT2D eigenvalue weighted by Crippen LogP contribution is 2.24. The van der Waals surface area contributed by atoms with Gasteiger partial charge in [0.25, 0.3) is 5.91 Å². The molecular formula is C26H26N4O2. The number of carbonyl (C=O) groups excluding carboxylic acids is 1. The minimum Gasteiger partial charge on any atom is -0.487 e. The molecule has 0 saturated heterocycles. The Bertz CT molecular complexity index is 1150. The first-order valence-corrected chi connectivity index (χ1v) is 10.6. The standard InChI is InChI=1S/C26H26N4O2/c1-18-7-8-20(26(31)30-22-9-10-22)11-25(18)21(13-27)14-29-23-12-24(16-28-15-23)32-17-19-5-3-2-4-6-19/h2-8,11-16,22H,9-10,17,27H2,1H3,(H,30,31). The van der Waals surface area contributed by atoms with Crippen molar-refractivity contribution in [3.05, 3.63) is 95.4 Å². The second-order valence-corrected chi connectivity index (χ2v) is 7.81. The SMILES string of the molecule is Cc1ccc(C(=O)NC2CC2)cc1C(C=Nc1cncc(OCc2ccccc2)c1)=CN. The molecule has 0 spiro atoms. The first kappa shape index (κ1) is 21.3. The number of allylic oxidation sites excluding steroid dienone is 1. The molecule has 0 atom stereocenters. The van der Waals surface area contributed by atoms with Crippen molar-refractivity contribution in [1.29, 1.82) is 0 Å². The Labute approximate surface area is 187 Å². The maximum absolute atomic E-state index is 12.4. The molecule has 162 valence electrons. The van der Waals surface area contributed by atoms with Gasteiger partial charge in [-0.2, -0.15) is 0 Å². The highest BCUT2D eigenvalue weighted by molar-refractivity contribution is 6.11. The molecule has 6 heteroatoms. The van der Waals surface area contributed by atoms with E-state index >= 15 is 0 Å². The van der Waals surface area contributed by atoms with Gasteiger partial charge >= 0.3 is 0 Å². The predicted molar refractivity (Wildman–Crippen MR) is 127 cm³/mol. The van der Waals surface area contributed by atoms with Crippen LogP contribution in [0.25, 0.3) is 5.57 Å². The van der Waals surface area contributed by atoms with Crippen LogP contribution >= 0.6 is 0 Å². The number of aliphatic imine (C=N–C) groups is 1. The number of benzene rings is 2. The molecule has 1 fully saturated rings. The van der Waals surface area contributed by atoms with Crippen LogP contribution in [-0.4, -0.2) is 23.1 Å². The van der Waals surface area contributed by atoms with Crippen LogP contribution in [-0.2, 0) is 6.61 Å². The molecule has 1 aliphatic carbocycles. The van der Waals surface area contributed by atoms with Crippen molar-refractivity contribution in [3.63, 3.8) is 0 Å². The van der Waals surface area contributed by atoms with Crippen LogP contribution < -0.4 is 15.8 Å². The first-order valence-electron chi connectivity index (χ1n) is 10.6.